The quantitative estimate of drug-likeness (QED) is 0.602. The summed E-state index contributed by atoms with van der Waals surface area (Å²) in [4.78, 5) is 14.7. The molecule has 0 radical (unpaired) electrons. The molecule has 22 heavy (non-hydrogen) atoms. The zero-order chi connectivity index (χ0) is 15.5. The second-order valence-electron chi connectivity index (χ2n) is 5.43. The molecule has 0 unspecified atom stereocenters. The maximum absolute atomic E-state index is 12.4. The van der Waals surface area contributed by atoms with Crippen molar-refractivity contribution in [3.05, 3.63) is 51.6 Å². The fourth-order valence-corrected chi connectivity index (χ4v) is 3.04. The first kappa shape index (κ1) is 15.1. The summed E-state index contributed by atoms with van der Waals surface area (Å²) in [6.07, 6.45) is 2.38. The molecule has 114 valence electrons. The van der Waals surface area contributed by atoms with Crippen LogP contribution >= 0.6 is 22.6 Å². The number of rotatable bonds is 3. The summed E-state index contributed by atoms with van der Waals surface area (Å²) < 4.78 is 1.11. The molecule has 0 aliphatic carbocycles. The minimum Gasteiger partial charge on any atom is -0.399 e. The molecule has 1 aliphatic rings. The summed E-state index contributed by atoms with van der Waals surface area (Å²) in [6, 6.07) is 13.2. The second-order valence-corrected chi connectivity index (χ2v) is 6.68. The summed E-state index contributed by atoms with van der Waals surface area (Å²) in [5, 5.41) is 3.00. The van der Waals surface area contributed by atoms with E-state index in [9.17, 15) is 4.79 Å². The number of carbonyl (C=O) groups excluding carboxylic acids is 1. The predicted molar refractivity (Wildman–Crippen MR) is 99.4 cm³/mol. The smallest absolute Gasteiger partial charge is 0.255 e. The van der Waals surface area contributed by atoms with Crippen LogP contribution in [0.3, 0.4) is 0 Å². The van der Waals surface area contributed by atoms with Gasteiger partial charge in [-0.3, -0.25) is 4.79 Å². The van der Waals surface area contributed by atoms with Crippen molar-refractivity contribution in [3.63, 3.8) is 0 Å². The number of nitrogens with one attached hydrogen (secondary N) is 1. The Labute approximate surface area is 143 Å². The molecular formula is C17H18IN3O. The number of benzene rings is 2. The van der Waals surface area contributed by atoms with E-state index >= 15 is 0 Å². The molecule has 0 spiro atoms. The highest BCUT2D eigenvalue weighted by Crippen LogP contribution is 2.31. The SMILES string of the molecule is Nc1ccc(N2CCCC2)c(NC(=O)c2ccc(I)cc2)c1. The molecule has 1 amide bonds. The van der Waals surface area contributed by atoms with E-state index < -0.39 is 0 Å². The summed E-state index contributed by atoms with van der Waals surface area (Å²) in [5.41, 5.74) is 9.02. The lowest BCUT2D eigenvalue weighted by Crippen LogP contribution is -2.21. The van der Waals surface area contributed by atoms with Crippen molar-refractivity contribution in [2.45, 2.75) is 12.8 Å². The zero-order valence-corrected chi connectivity index (χ0v) is 14.3. The van der Waals surface area contributed by atoms with Crippen LogP contribution in [0.2, 0.25) is 0 Å². The van der Waals surface area contributed by atoms with Gasteiger partial charge < -0.3 is 16.0 Å². The number of halogens is 1. The van der Waals surface area contributed by atoms with Gasteiger partial charge in [-0.05, 0) is 77.9 Å². The molecule has 4 nitrogen and oxygen atoms in total. The first-order chi connectivity index (χ1) is 10.6. The summed E-state index contributed by atoms with van der Waals surface area (Å²) in [7, 11) is 0. The number of hydrogen-bond acceptors (Lipinski definition) is 3. The molecule has 0 aromatic heterocycles. The van der Waals surface area contributed by atoms with Crippen LogP contribution in [0.4, 0.5) is 17.1 Å². The van der Waals surface area contributed by atoms with E-state index in [1.807, 2.05) is 42.5 Å². The van der Waals surface area contributed by atoms with E-state index in [0.29, 0.717) is 11.3 Å². The van der Waals surface area contributed by atoms with Crippen LogP contribution in [0.25, 0.3) is 0 Å². The van der Waals surface area contributed by atoms with Crippen molar-refractivity contribution >= 4 is 45.6 Å². The molecule has 5 heteroatoms. The number of anilines is 3. The fourth-order valence-electron chi connectivity index (χ4n) is 2.68. The Morgan fingerprint density at radius 3 is 2.45 bits per heavy atom. The van der Waals surface area contributed by atoms with Crippen molar-refractivity contribution in [1.82, 2.24) is 0 Å². The molecule has 1 fully saturated rings. The average Bonchev–Trinajstić information content (AvgIpc) is 3.02. The summed E-state index contributed by atoms with van der Waals surface area (Å²) in [5.74, 6) is -0.109. The Morgan fingerprint density at radius 1 is 1.09 bits per heavy atom. The van der Waals surface area contributed by atoms with E-state index in [1.165, 1.54) is 12.8 Å². The molecule has 1 saturated heterocycles. The Balaban J connectivity index is 1.85. The highest BCUT2D eigenvalue weighted by atomic mass is 127. The second kappa shape index (κ2) is 6.56. The average molecular weight is 407 g/mol. The Morgan fingerprint density at radius 2 is 1.77 bits per heavy atom. The molecule has 0 saturated carbocycles. The van der Waals surface area contributed by atoms with Gasteiger partial charge in [-0.25, -0.2) is 0 Å². The molecule has 0 bridgehead atoms. The predicted octanol–water partition coefficient (Wildman–Crippen LogP) is 3.73. The monoisotopic (exact) mass is 407 g/mol. The lowest BCUT2D eigenvalue weighted by Gasteiger charge is -2.22. The Kier molecular flexibility index (Phi) is 4.52. The van der Waals surface area contributed by atoms with Crippen molar-refractivity contribution in [2.24, 2.45) is 0 Å². The lowest BCUT2D eigenvalue weighted by atomic mass is 10.2. The number of nitrogens with two attached hydrogens (primary N) is 1. The van der Waals surface area contributed by atoms with Gasteiger partial charge in [0, 0.05) is 27.9 Å². The van der Waals surface area contributed by atoms with E-state index in [-0.39, 0.29) is 5.91 Å². The van der Waals surface area contributed by atoms with Gasteiger partial charge in [-0.15, -0.1) is 0 Å². The van der Waals surface area contributed by atoms with Gasteiger partial charge in [-0.2, -0.15) is 0 Å². The Hall–Kier alpha value is -1.76. The number of nitrogen functional groups attached to an aromatic ring is 1. The first-order valence-corrected chi connectivity index (χ1v) is 8.43. The third-order valence-electron chi connectivity index (χ3n) is 3.82. The van der Waals surface area contributed by atoms with Crippen LogP contribution in [-0.2, 0) is 0 Å². The van der Waals surface area contributed by atoms with Crippen molar-refractivity contribution in [2.75, 3.05) is 29.0 Å². The van der Waals surface area contributed by atoms with Gasteiger partial charge in [0.2, 0.25) is 0 Å². The topological polar surface area (TPSA) is 58.4 Å². The normalized spacial score (nSPS) is 14.1. The van der Waals surface area contributed by atoms with E-state index in [4.69, 9.17) is 5.73 Å². The van der Waals surface area contributed by atoms with Crippen LogP contribution in [-0.4, -0.2) is 19.0 Å². The largest absolute Gasteiger partial charge is 0.399 e. The van der Waals surface area contributed by atoms with Gasteiger partial charge in [-0.1, -0.05) is 0 Å². The van der Waals surface area contributed by atoms with Gasteiger partial charge in [0.1, 0.15) is 0 Å². The number of hydrogen-bond donors (Lipinski definition) is 2. The molecule has 1 heterocycles. The van der Waals surface area contributed by atoms with E-state index in [0.717, 1.165) is 28.0 Å². The van der Waals surface area contributed by atoms with Crippen LogP contribution < -0.4 is 16.0 Å². The minimum absolute atomic E-state index is 0.109. The van der Waals surface area contributed by atoms with E-state index in [2.05, 4.69) is 32.8 Å². The van der Waals surface area contributed by atoms with Crippen LogP contribution in [0.1, 0.15) is 23.2 Å². The molecule has 2 aromatic rings. The zero-order valence-electron chi connectivity index (χ0n) is 12.2. The van der Waals surface area contributed by atoms with Crippen LogP contribution in [0, 0.1) is 3.57 Å². The molecule has 2 aromatic carbocycles. The number of carbonyl (C=O) groups is 1. The minimum atomic E-state index is -0.109. The molecule has 3 rings (SSSR count). The highest BCUT2D eigenvalue weighted by molar-refractivity contribution is 14.1. The third-order valence-corrected chi connectivity index (χ3v) is 4.54. The highest BCUT2D eigenvalue weighted by Gasteiger charge is 2.17. The Bertz CT molecular complexity index is 679. The van der Waals surface area contributed by atoms with Gasteiger partial charge in [0.05, 0.1) is 11.4 Å². The lowest BCUT2D eigenvalue weighted by molar-refractivity contribution is 0.102. The van der Waals surface area contributed by atoms with Gasteiger partial charge in [0.15, 0.2) is 0 Å². The molecule has 3 N–H and O–H groups in total. The standard InChI is InChI=1S/C17H18IN3O/c18-13-5-3-12(4-6-13)17(22)20-15-11-14(19)7-8-16(15)21-9-1-2-10-21/h3-8,11H,1-2,9-10,19H2,(H,20,22). The van der Waals surface area contributed by atoms with Crippen LogP contribution in [0.5, 0.6) is 0 Å². The van der Waals surface area contributed by atoms with Gasteiger partial charge >= 0.3 is 0 Å². The number of amides is 1. The van der Waals surface area contributed by atoms with E-state index in [1.54, 1.807) is 0 Å². The molecular weight excluding hydrogens is 389 g/mol. The summed E-state index contributed by atoms with van der Waals surface area (Å²) >= 11 is 2.22. The van der Waals surface area contributed by atoms with Gasteiger partial charge in [0.25, 0.3) is 5.91 Å². The third kappa shape index (κ3) is 3.35. The van der Waals surface area contributed by atoms with Crippen LogP contribution in [0.15, 0.2) is 42.5 Å². The van der Waals surface area contributed by atoms with Crippen molar-refractivity contribution in [3.8, 4) is 0 Å². The van der Waals surface area contributed by atoms with Crippen molar-refractivity contribution < 1.29 is 4.79 Å². The maximum atomic E-state index is 12.4. The number of nitrogens with zero attached hydrogens (tertiary/aromatic N) is 1. The maximum Gasteiger partial charge on any atom is 0.255 e. The first-order valence-electron chi connectivity index (χ1n) is 7.35. The van der Waals surface area contributed by atoms with Crippen molar-refractivity contribution in [1.29, 1.82) is 0 Å². The molecule has 0 atom stereocenters. The fraction of sp³-hybridized carbons (Fsp3) is 0.235. The summed E-state index contributed by atoms with van der Waals surface area (Å²) in [6.45, 7) is 2.05. The molecule has 1 aliphatic heterocycles.